The van der Waals surface area contributed by atoms with E-state index in [1.165, 1.54) is 5.01 Å². The average molecular weight is 449 g/mol. The summed E-state index contributed by atoms with van der Waals surface area (Å²) in [6, 6.07) is 22.8. The van der Waals surface area contributed by atoms with Crippen molar-refractivity contribution in [1.82, 2.24) is 0 Å². The second kappa shape index (κ2) is 10.4. The van der Waals surface area contributed by atoms with Gasteiger partial charge >= 0.3 is 0 Å². The second-order valence-corrected chi connectivity index (χ2v) is 7.52. The number of rotatable bonds is 8. The molecule has 34 heavy (non-hydrogen) atoms. The minimum atomic E-state index is -0.207. The molecule has 1 amide bonds. The first-order chi connectivity index (χ1) is 16.7. The normalized spacial score (nSPS) is 14.0. The van der Waals surface area contributed by atoms with Crippen LogP contribution in [0.5, 0.6) is 11.5 Å². The van der Waals surface area contributed by atoms with Gasteiger partial charge in [-0.1, -0.05) is 60.5 Å². The minimum Gasteiger partial charge on any atom is -0.493 e. The number of nitrogens with zero attached hydrogens (tertiary/aromatic N) is 2. The Morgan fingerprint density at radius 3 is 2.44 bits per heavy atom. The van der Waals surface area contributed by atoms with E-state index in [9.17, 15) is 4.79 Å². The van der Waals surface area contributed by atoms with E-state index in [1.807, 2.05) is 78.9 Å². The number of ether oxygens (including phenoxy) is 2. The van der Waals surface area contributed by atoms with Gasteiger partial charge in [0, 0.05) is 11.1 Å². The zero-order valence-corrected chi connectivity index (χ0v) is 18.9. The highest BCUT2D eigenvalue weighted by molar-refractivity contribution is 6.37. The Hall–Kier alpha value is -4.56. The molecule has 1 aliphatic heterocycles. The van der Waals surface area contributed by atoms with Gasteiger partial charge in [0.25, 0.3) is 5.91 Å². The first kappa shape index (κ1) is 22.6. The molecule has 0 spiro atoms. The Morgan fingerprint density at radius 1 is 1.09 bits per heavy atom. The van der Waals surface area contributed by atoms with Crippen LogP contribution in [0, 0.1) is 12.3 Å². The highest BCUT2D eigenvalue weighted by atomic mass is 16.5. The summed E-state index contributed by atoms with van der Waals surface area (Å²) in [6.45, 7) is 3.96. The molecule has 0 aromatic heterocycles. The number of amides is 1. The number of anilines is 1. The Morgan fingerprint density at radius 2 is 1.79 bits per heavy atom. The van der Waals surface area contributed by atoms with Crippen molar-refractivity contribution in [3.05, 3.63) is 108 Å². The van der Waals surface area contributed by atoms with Crippen molar-refractivity contribution in [2.75, 3.05) is 18.7 Å². The molecule has 0 N–H and O–H groups in total. The summed E-state index contributed by atoms with van der Waals surface area (Å²) in [5.74, 6) is 3.38. The number of hydrazone groups is 1. The summed E-state index contributed by atoms with van der Waals surface area (Å²) in [5.41, 5.74) is 4.29. The van der Waals surface area contributed by atoms with Crippen molar-refractivity contribution in [3.63, 3.8) is 0 Å². The lowest BCUT2D eigenvalue weighted by Gasteiger charge is -2.15. The van der Waals surface area contributed by atoms with Gasteiger partial charge in [-0.2, -0.15) is 10.1 Å². The summed E-state index contributed by atoms with van der Waals surface area (Å²) >= 11 is 0. The molecular weight excluding hydrogens is 424 g/mol. The summed E-state index contributed by atoms with van der Waals surface area (Å²) in [4.78, 5) is 13.5. The lowest BCUT2D eigenvalue weighted by molar-refractivity contribution is -0.114. The van der Waals surface area contributed by atoms with Crippen LogP contribution in [0.1, 0.15) is 16.7 Å². The molecule has 0 saturated heterocycles. The Kier molecular flexibility index (Phi) is 6.90. The van der Waals surface area contributed by atoms with E-state index in [0.717, 1.165) is 16.7 Å². The molecule has 5 nitrogen and oxygen atoms in total. The van der Waals surface area contributed by atoms with Gasteiger partial charge in [-0.3, -0.25) is 4.79 Å². The average Bonchev–Trinajstić information content (AvgIpc) is 3.20. The number of para-hydroxylation sites is 1. The van der Waals surface area contributed by atoms with Crippen molar-refractivity contribution in [2.24, 2.45) is 5.10 Å². The van der Waals surface area contributed by atoms with Gasteiger partial charge in [-0.05, 0) is 42.3 Å². The van der Waals surface area contributed by atoms with Crippen LogP contribution in [0.3, 0.4) is 0 Å². The summed E-state index contributed by atoms with van der Waals surface area (Å²) in [7, 11) is 1.57. The molecule has 1 heterocycles. The zero-order chi connectivity index (χ0) is 23.9. The largest absolute Gasteiger partial charge is 0.493 e. The molecule has 168 valence electrons. The van der Waals surface area contributed by atoms with Gasteiger partial charge in [0.2, 0.25) is 0 Å². The summed E-state index contributed by atoms with van der Waals surface area (Å²) in [6.07, 6.45) is 9.54. The van der Waals surface area contributed by atoms with Gasteiger partial charge in [0.05, 0.1) is 18.4 Å². The van der Waals surface area contributed by atoms with Gasteiger partial charge < -0.3 is 9.47 Å². The van der Waals surface area contributed by atoms with Crippen LogP contribution in [0.2, 0.25) is 0 Å². The monoisotopic (exact) mass is 448 g/mol. The fraction of sp³-hybridized carbons (Fsp3) is 0.103. The lowest BCUT2D eigenvalue weighted by atomic mass is 9.98. The highest BCUT2D eigenvalue weighted by Crippen LogP contribution is 2.35. The van der Waals surface area contributed by atoms with Gasteiger partial charge in [0.1, 0.15) is 12.3 Å². The number of benzene rings is 3. The van der Waals surface area contributed by atoms with Gasteiger partial charge in [-0.15, -0.1) is 13.0 Å². The van der Waals surface area contributed by atoms with Crippen LogP contribution < -0.4 is 14.5 Å². The first-order valence-corrected chi connectivity index (χ1v) is 10.8. The molecule has 0 bridgehead atoms. The van der Waals surface area contributed by atoms with Gasteiger partial charge in [-0.25, -0.2) is 0 Å². The van der Waals surface area contributed by atoms with Crippen LogP contribution in [0.4, 0.5) is 5.69 Å². The Balaban J connectivity index is 1.83. The maximum absolute atomic E-state index is 13.5. The highest BCUT2D eigenvalue weighted by Gasteiger charge is 2.32. The topological polar surface area (TPSA) is 51.1 Å². The molecule has 3 aromatic carbocycles. The quantitative estimate of drug-likeness (QED) is 0.268. The van der Waals surface area contributed by atoms with Gasteiger partial charge in [0.15, 0.2) is 11.5 Å². The van der Waals surface area contributed by atoms with E-state index < -0.39 is 0 Å². The van der Waals surface area contributed by atoms with Crippen LogP contribution in [-0.2, 0) is 11.2 Å². The van der Waals surface area contributed by atoms with Crippen molar-refractivity contribution >= 4 is 23.4 Å². The predicted octanol–water partition coefficient (Wildman–Crippen LogP) is 5.27. The molecule has 0 fully saturated rings. The summed E-state index contributed by atoms with van der Waals surface area (Å²) in [5, 5.41) is 6.12. The first-order valence-electron chi connectivity index (χ1n) is 10.8. The van der Waals surface area contributed by atoms with Crippen molar-refractivity contribution in [2.45, 2.75) is 6.42 Å². The maximum atomic E-state index is 13.5. The number of carbonyl (C=O) groups excluding carboxylic acids is 1. The van der Waals surface area contributed by atoms with E-state index in [1.54, 1.807) is 13.2 Å². The molecule has 0 unspecified atom stereocenters. The molecule has 0 aliphatic carbocycles. The smallest absolute Gasteiger partial charge is 0.281 e. The van der Waals surface area contributed by atoms with E-state index in [0.29, 0.717) is 34.9 Å². The Bertz CT molecular complexity index is 1300. The number of methoxy groups -OCH3 is 1. The van der Waals surface area contributed by atoms with E-state index in [-0.39, 0.29) is 12.5 Å². The third kappa shape index (κ3) is 4.62. The minimum absolute atomic E-state index is 0.121. The summed E-state index contributed by atoms with van der Waals surface area (Å²) < 4.78 is 11.3. The van der Waals surface area contributed by atoms with Crippen LogP contribution in [-0.4, -0.2) is 25.3 Å². The van der Waals surface area contributed by atoms with Crippen LogP contribution in [0.25, 0.3) is 6.08 Å². The lowest BCUT2D eigenvalue weighted by Crippen LogP contribution is -2.21. The zero-order valence-electron chi connectivity index (χ0n) is 18.9. The van der Waals surface area contributed by atoms with Crippen LogP contribution in [0.15, 0.2) is 96.1 Å². The van der Waals surface area contributed by atoms with Crippen LogP contribution >= 0.6 is 0 Å². The van der Waals surface area contributed by atoms with Crippen molar-refractivity contribution in [1.29, 1.82) is 0 Å². The molecular formula is C29H24N2O3. The fourth-order valence-electron chi connectivity index (χ4n) is 3.77. The third-order valence-electron chi connectivity index (χ3n) is 5.27. The predicted molar refractivity (Wildman–Crippen MR) is 136 cm³/mol. The molecule has 0 radical (unpaired) electrons. The van der Waals surface area contributed by atoms with Crippen molar-refractivity contribution in [3.8, 4) is 23.8 Å². The molecule has 0 saturated carbocycles. The number of hydrogen-bond donors (Lipinski definition) is 0. The number of allylic oxidation sites excluding steroid dienone is 1. The maximum Gasteiger partial charge on any atom is 0.281 e. The Labute approximate surface area is 199 Å². The van der Waals surface area contributed by atoms with E-state index in [2.05, 4.69) is 17.6 Å². The SMILES string of the molecule is C#CCOc1c(CC=C)cc(/C=C2\C(=O)N(c3ccccc3)N=C2c2ccccc2)cc1OC. The number of carbonyl (C=O) groups is 1. The van der Waals surface area contributed by atoms with E-state index in [4.69, 9.17) is 15.9 Å². The molecule has 1 aliphatic rings. The standard InChI is InChI=1S/C29H24N2O3/c1-4-12-23-18-21(20-26(33-3)28(23)34-17-5-2)19-25-27(22-13-8-6-9-14-22)30-31(29(25)32)24-15-10-7-11-16-24/h2,4,6-11,13-16,18-20H,1,12,17H2,3H3/b25-19-. The molecule has 0 atom stereocenters. The molecule has 5 heteroatoms. The molecule has 3 aromatic rings. The third-order valence-corrected chi connectivity index (χ3v) is 5.27. The molecule has 4 rings (SSSR count). The fourth-order valence-corrected chi connectivity index (χ4v) is 3.77. The number of hydrogen-bond acceptors (Lipinski definition) is 4. The second-order valence-electron chi connectivity index (χ2n) is 7.52. The van der Waals surface area contributed by atoms with E-state index >= 15 is 0 Å². The number of terminal acetylenes is 1. The van der Waals surface area contributed by atoms with Crippen molar-refractivity contribution < 1.29 is 14.3 Å².